The van der Waals surface area contributed by atoms with Gasteiger partial charge in [-0.25, -0.2) is 9.97 Å². The Morgan fingerprint density at radius 2 is 1.88 bits per heavy atom. The van der Waals surface area contributed by atoms with Crippen LogP contribution in [-0.4, -0.2) is 9.97 Å². The molecule has 3 nitrogen and oxygen atoms in total. The van der Waals surface area contributed by atoms with E-state index in [9.17, 15) is 0 Å². The van der Waals surface area contributed by atoms with Gasteiger partial charge in [-0.15, -0.1) is 11.3 Å². The lowest BCUT2D eigenvalue weighted by molar-refractivity contribution is 0.700. The second-order valence-corrected chi connectivity index (χ2v) is 7.96. The van der Waals surface area contributed by atoms with Crippen molar-refractivity contribution in [2.75, 3.05) is 5.32 Å². The molecule has 0 atom stereocenters. The van der Waals surface area contributed by atoms with E-state index in [-0.39, 0.29) is 0 Å². The van der Waals surface area contributed by atoms with E-state index in [1.165, 1.54) is 40.7 Å². The standard InChI is InChI=1S/C20H23N3S/c1-12(2)14-8-4-6-10-16(14)23-19-18-15-9-5-7-11-17(15)24-20(18)22-13(3)21-19/h4,6,8,10,12H,5,7,9,11H2,1-3H3,(H,21,22,23). The number of nitrogens with one attached hydrogen (secondary N) is 1. The smallest absolute Gasteiger partial charge is 0.143 e. The molecule has 1 aliphatic carbocycles. The molecule has 0 spiro atoms. The minimum atomic E-state index is 0.475. The molecule has 2 heterocycles. The van der Waals surface area contributed by atoms with Gasteiger partial charge in [-0.2, -0.15) is 0 Å². The summed E-state index contributed by atoms with van der Waals surface area (Å²) in [5, 5.41) is 4.88. The number of anilines is 2. The fraction of sp³-hybridized carbons (Fsp3) is 0.400. The van der Waals surface area contributed by atoms with Crippen molar-refractivity contribution in [1.29, 1.82) is 0 Å². The Kier molecular flexibility index (Phi) is 4.01. The average molecular weight is 337 g/mol. The summed E-state index contributed by atoms with van der Waals surface area (Å²) < 4.78 is 0. The maximum Gasteiger partial charge on any atom is 0.143 e. The molecule has 124 valence electrons. The molecule has 0 radical (unpaired) electrons. The average Bonchev–Trinajstić information content (AvgIpc) is 2.93. The van der Waals surface area contributed by atoms with Crippen LogP contribution >= 0.6 is 11.3 Å². The van der Waals surface area contributed by atoms with Crippen LogP contribution in [0.3, 0.4) is 0 Å². The summed E-state index contributed by atoms with van der Waals surface area (Å²) in [5.41, 5.74) is 3.96. The van der Waals surface area contributed by atoms with Gasteiger partial charge in [0, 0.05) is 10.6 Å². The van der Waals surface area contributed by atoms with Crippen molar-refractivity contribution in [1.82, 2.24) is 9.97 Å². The zero-order valence-corrected chi connectivity index (χ0v) is 15.3. The Labute approximate surface area is 147 Å². The van der Waals surface area contributed by atoms with Gasteiger partial charge in [0.1, 0.15) is 16.5 Å². The lowest BCUT2D eigenvalue weighted by Gasteiger charge is -2.16. The van der Waals surface area contributed by atoms with E-state index in [4.69, 9.17) is 9.97 Å². The quantitative estimate of drug-likeness (QED) is 0.661. The number of rotatable bonds is 3. The van der Waals surface area contributed by atoms with Crippen molar-refractivity contribution in [3.63, 3.8) is 0 Å². The highest BCUT2D eigenvalue weighted by Gasteiger charge is 2.21. The zero-order valence-electron chi connectivity index (χ0n) is 14.5. The van der Waals surface area contributed by atoms with Crippen molar-refractivity contribution < 1.29 is 0 Å². The van der Waals surface area contributed by atoms with E-state index in [0.717, 1.165) is 28.6 Å². The third kappa shape index (κ3) is 2.69. The number of fused-ring (bicyclic) bond motifs is 3. The van der Waals surface area contributed by atoms with Gasteiger partial charge >= 0.3 is 0 Å². The van der Waals surface area contributed by atoms with E-state index in [2.05, 4.69) is 43.4 Å². The minimum absolute atomic E-state index is 0.475. The molecule has 4 rings (SSSR count). The molecule has 0 amide bonds. The molecule has 0 unspecified atom stereocenters. The maximum atomic E-state index is 4.76. The topological polar surface area (TPSA) is 37.8 Å². The van der Waals surface area contributed by atoms with Crippen LogP contribution in [0.15, 0.2) is 24.3 Å². The van der Waals surface area contributed by atoms with Gasteiger partial charge in [0.25, 0.3) is 0 Å². The van der Waals surface area contributed by atoms with Crippen LogP contribution in [0.1, 0.15) is 54.4 Å². The molecule has 1 N–H and O–H groups in total. The van der Waals surface area contributed by atoms with Crippen LogP contribution in [-0.2, 0) is 12.8 Å². The van der Waals surface area contributed by atoms with Gasteiger partial charge in [-0.3, -0.25) is 0 Å². The normalized spacial score (nSPS) is 14.2. The Morgan fingerprint density at radius 1 is 1.08 bits per heavy atom. The molecular weight excluding hydrogens is 314 g/mol. The lowest BCUT2D eigenvalue weighted by atomic mass is 9.96. The van der Waals surface area contributed by atoms with Crippen LogP contribution in [0.5, 0.6) is 0 Å². The Bertz CT molecular complexity index is 895. The van der Waals surface area contributed by atoms with E-state index >= 15 is 0 Å². The summed E-state index contributed by atoms with van der Waals surface area (Å²) in [6.07, 6.45) is 4.92. The molecule has 3 aromatic rings. The second kappa shape index (κ2) is 6.17. The van der Waals surface area contributed by atoms with Crippen molar-refractivity contribution in [2.24, 2.45) is 0 Å². The number of hydrogen-bond donors (Lipinski definition) is 1. The summed E-state index contributed by atoms with van der Waals surface area (Å²) in [6, 6.07) is 8.54. The molecule has 0 saturated carbocycles. The predicted molar refractivity (Wildman–Crippen MR) is 103 cm³/mol. The van der Waals surface area contributed by atoms with Gasteiger partial charge in [0.2, 0.25) is 0 Å². The van der Waals surface area contributed by atoms with Crippen LogP contribution in [0, 0.1) is 6.92 Å². The number of hydrogen-bond acceptors (Lipinski definition) is 4. The summed E-state index contributed by atoms with van der Waals surface area (Å²) >= 11 is 1.86. The van der Waals surface area contributed by atoms with Crippen molar-refractivity contribution in [2.45, 2.75) is 52.4 Å². The van der Waals surface area contributed by atoms with E-state index in [0.29, 0.717) is 5.92 Å². The minimum Gasteiger partial charge on any atom is -0.339 e. The maximum absolute atomic E-state index is 4.76. The molecular formula is C20H23N3S. The van der Waals surface area contributed by atoms with Crippen molar-refractivity contribution in [3.8, 4) is 0 Å². The fourth-order valence-corrected chi connectivity index (χ4v) is 4.90. The zero-order chi connectivity index (χ0) is 16.7. The molecule has 4 heteroatoms. The summed E-state index contributed by atoms with van der Waals surface area (Å²) in [4.78, 5) is 12.1. The Balaban J connectivity index is 1.86. The molecule has 1 aliphatic rings. The first-order valence-corrected chi connectivity index (χ1v) is 9.60. The van der Waals surface area contributed by atoms with Gasteiger partial charge in [-0.05, 0) is 55.7 Å². The van der Waals surface area contributed by atoms with Crippen molar-refractivity contribution >= 4 is 33.1 Å². The van der Waals surface area contributed by atoms with Crippen molar-refractivity contribution in [3.05, 3.63) is 46.1 Å². The van der Waals surface area contributed by atoms with Gasteiger partial charge < -0.3 is 5.32 Å². The first kappa shape index (κ1) is 15.6. The number of para-hydroxylation sites is 1. The molecule has 2 aromatic heterocycles. The Morgan fingerprint density at radius 3 is 2.71 bits per heavy atom. The molecule has 1 aromatic carbocycles. The number of thiophene rings is 1. The highest BCUT2D eigenvalue weighted by molar-refractivity contribution is 7.19. The summed E-state index contributed by atoms with van der Waals surface area (Å²) in [7, 11) is 0. The fourth-order valence-electron chi connectivity index (χ4n) is 3.60. The monoisotopic (exact) mass is 337 g/mol. The first-order valence-electron chi connectivity index (χ1n) is 8.78. The largest absolute Gasteiger partial charge is 0.339 e. The van der Waals surface area contributed by atoms with Crippen LogP contribution in [0.25, 0.3) is 10.2 Å². The predicted octanol–water partition coefficient (Wildman–Crippen LogP) is 5.75. The SMILES string of the molecule is Cc1nc(Nc2ccccc2C(C)C)c2c3c(sc2n1)CCCC3. The van der Waals surface area contributed by atoms with Crippen LogP contribution in [0.2, 0.25) is 0 Å². The molecule has 0 aliphatic heterocycles. The molecule has 24 heavy (non-hydrogen) atoms. The van der Waals surface area contributed by atoms with E-state index in [1.54, 1.807) is 0 Å². The van der Waals surface area contributed by atoms with E-state index in [1.807, 2.05) is 18.3 Å². The first-order chi connectivity index (χ1) is 11.6. The van der Waals surface area contributed by atoms with Crippen LogP contribution < -0.4 is 5.32 Å². The van der Waals surface area contributed by atoms with Crippen LogP contribution in [0.4, 0.5) is 11.5 Å². The Hall–Kier alpha value is -1.94. The second-order valence-electron chi connectivity index (χ2n) is 6.88. The summed E-state index contributed by atoms with van der Waals surface area (Å²) in [5.74, 6) is 2.29. The molecule has 0 bridgehead atoms. The summed E-state index contributed by atoms with van der Waals surface area (Å²) in [6.45, 7) is 6.44. The van der Waals surface area contributed by atoms with E-state index < -0.39 is 0 Å². The van der Waals surface area contributed by atoms with Gasteiger partial charge in [0.05, 0.1) is 5.39 Å². The number of aromatic nitrogens is 2. The number of aryl methyl sites for hydroxylation is 3. The highest BCUT2D eigenvalue weighted by Crippen LogP contribution is 2.40. The molecule has 0 saturated heterocycles. The highest BCUT2D eigenvalue weighted by atomic mass is 32.1. The third-order valence-corrected chi connectivity index (χ3v) is 5.95. The number of benzene rings is 1. The third-order valence-electron chi connectivity index (χ3n) is 4.76. The van der Waals surface area contributed by atoms with Gasteiger partial charge in [0.15, 0.2) is 0 Å². The number of nitrogens with zero attached hydrogens (tertiary/aromatic N) is 2. The molecule has 0 fully saturated rings. The van der Waals surface area contributed by atoms with Gasteiger partial charge in [-0.1, -0.05) is 32.0 Å². The lowest BCUT2D eigenvalue weighted by Crippen LogP contribution is -2.04.